The number of nitrogens with one attached hydrogen (secondary N) is 2. The second kappa shape index (κ2) is 14.3. The number of anilines is 1. The predicted octanol–water partition coefficient (Wildman–Crippen LogP) is 5.73. The van der Waals surface area contributed by atoms with Crippen molar-refractivity contribution in [3.8, 4) is 5.75 Å². The van der Waals surface area contributed by atoms with Gasteiger partial charge in [-0.05, 0) is 68.0 Å². The summed E-state index contributed by atoms with van der Waals surface area (Å²) < 4.78 is 5.09. The van der Waals surface area contributed by atoms with Crippen LogP contribution in [0.25, 0.3) is 0 Å². The number of amides is 2. The Labute approximate surface area is 198 Å². The number of ether oxygens (including phenoxy) is 1. The van der Waals surface area contributed by atoms with E-state index in [1.54, 1.807) is 26.2 Å². The molecule has 0 heterocycles. The fraction of sp³-hybridized carbons (Fsp3) is 0.481. The van der Waals surface area contributed by atoms with E-state index in [9.17, 15) is 14.7 Å². The number of rotatable bonds is 10. The van der Waals surface area contributed by atoms with Crippen LogP contribution >= 0.6 is 0 Å². The third-order valence-corrected chi connectivity index (χ3v) is 5.52. The zero-order valence-electron chi connectivity index (χ0n) is 20.9. The van der Waals surface area contributed by atoms with Gasteiger partial charge in [-0.2, -0.15) is 0 Å². The van der Waals surface area contributed by atoms with E-state index in [1.807, 2.05) is 50.2 Å². The summed E-state index contributed by atoms with van der Waals surface area (Å²) in [5, 5.41) is 15.2. The van der Waals surface area contributed by atoms with Gasteiger partial charge in [-0.25, -0.2) is 4.79 Å². The molecular formula is C27H40N2O4. The summed E-state index contributed by atoms with van der Waals surface area (Å²) in [7, 11) is 1.61. The summed E-state index contributed by atoms with van der Waals surface area (Å²) in [6.45, 7) is 10.3. The van der Waals surface area contributed by atoms with Crippen molar-refractivity contribution in [1.82, 2.24) is 5.32 Å². The third-order valence-electron chi connectivity index (χ3n) is 5.52. The normalized spacial score (nSPS) is 13.1. The van der Waals surface area contributed by atoms with Gasteiger partial charge in [0.15, 0.2) is 0 Å². The zero-order chi connectivity index (χ0) is 24.9. The summed E-state index contributed by atoms with van der Waals surface area (Å²) in [5.74, 6) is 1.54. The van der Waals surface area contributed by atoms with Crippen molar-refractivity contribution in [1.29, 1.82) is 0 Å². The van der Waals surface area contributed by atoms with E-state index in [2.05, 4.69) is 24.5 Å². The molecule has 0 bridgehead atoms. The maximum absolute atomic E-state index is 11.9. The lowest BCUT2D eigenvalue weighted by atomic mass is 9.90. The molecule has 182 valence electrons. The van der Waals surface area contributed by atoms with Gasteiger partial charge in [0.1, 0.15) is 11.5 Å². The van der Waals surface area contributed by atoms with Crippen molar-refractivity contribution < 1.29 is 19.4 Å². The fourth-order valence-corrected chi connectivity index (χ4v) is 3.13. The van der Waals surface area contributed by atoms with Crippen LogP contribution < -0.4 is 15.4 Å². The minimum atomic E-state index is -0.435. The number of aliphatic hydroxyl groups is 1. The summed E-state index contributed by atoms with van der Waals surface area (Å²) >= 11 is 0. The van der Waals surface area contributed by atoms with Crippen LogP contribution in [0.3, 0.4) is 0 Å². The van der Waals surface area contributed by atoms with Gasteiger partial charge in [0.2, 0.25) is 0 Å². The fourth-order valence-electron chi connectivity index (χ4n) is 3.13. The van der Waals surface area contributed by atoms with Crippen LogP contribution in [0.1, 0.15) is 65.0 Å². The van der Waals surface area contributed by atoms with E-state index in [0.717, 1.165) is 36.1 Å². The van der Waals surface area contributed by atoms with E-state index in [1.165, 1.54) is 0 Å². The number of carbonyl (C=O) groups excluding carboxylic acids is 2. The van der Waals surface area contributed by atoms with Crippen LogP contribution in [-0.4, -0.2) is 29.6 Å². The highest BCUT2D eigenvalue weighted by Crippen LogP contribution is 2.21. The highest BCUT2D eigenvalue weighted by Gasteiger charge is 2.19. The predicted molar refractivity (Wildman–Crippen MR) is 135 cm³/mol. The number of Topliss-reactive ketones (excluding diaryl/α,β-unsaturated/α-hetero) is 1. The van der Waals surface area contributed by atoms with E-state index in [-0.39, 0.29) is 11.8 Å². The lowest BCUT2D eigenvalue weighted by Gasteiger charge is -2.24. The third kappa shape index (κ3) is 12.1. The highest BCUT2D eigenvalue weighted by atomic mass is 16.5. The number of hydrogen-bond donors (Lipinski definition) is 3. The first-order valence-electron chi connectivity index (χ1n) is 11.6. The molecule has 2 amide bonds. The molecule has 0 aliphatic carbocycles. The summed E-state index contributed by atoms with van der Waals surface area (Å²) in [5.41, 5.74) is 2.17. The van der Waals surface area contributed by atoms with Crippen molar-refractivity contribution in [3.05, 3.63) is 59.7 Å². The number of methoxy groups -OCH3 is 1. The SMILES string of the molecule is CCC(C)CC(C)(O)CC.COc1ccc(CNC(=O)Nc2ccc(CC(C)=O)cc2)cc1. The molecule has 0 fully saturated rings. The van der Waals surface area contributed by atoms with E-state index >= 15 is 0 Å². The Morgan fingerprint density at radius 3 is 2.09 bits per heavy atom. The zero-order valence-corrected chi connectivity index (χ0v) is 20.9. The van der Waals surface area contributed by atoms with Crippen molar-refractivity contribution in [2.45, 2.75) is 72.4 Å². The molecule has 0 radical (unpaired) electrons. The van der Waals surface area contributed by atoms with Gasteiger partial charge in [-0.15, -0.1) is 0 Å². The average molecular weight is 457 g/mol. The Morgan fingerprint density at radius 1 is 1.03 bits per heavy atom. The highest BCUT2D eigenvalue weighted by molar-refractivity contribution is 5.89. The van der Waals surface area contributed by atoms with E-state index in [0.29, 0.717) is 24.6 Å². The Bertz CT molecular complexity index is 845. The molecule has 6 heteroatoms. The minimum absolute atomic E-state index is 0.114. The lowest BCUT2D eigenvalue weighted by molar-refractivity contribution is -0.116. The lowest BCUT2D eigenvalue weighted by Crippen LogP contribution is -2.28. The Balaban J connectivity index is 0.000000461. The first-order valence-corrected chi connectivity index (χ1v) is 11.6. The molecule has 3 N–H and O–H groups in total. The smallest absolute Gasteiger partial charge is 0.319 e. The molecule has 2 aromatic carbocycles. The molecule has 0 saturated carbocycles. The van der Waals surface area contributed by atoms with Gasteiger partial charge in [0.25, 0.3) is 0 Å². The van der Waals surface area contributed by atoms with E-state index < -0.39 is 5.60 Å². The van der Waals surface area contributed by atoms with Crippen LogP contribution in [0.2, 0.25) is 0 Å². The molecule has 0 aliphatic rings. The van der Waals surface area contributed by atoms with Crippen molar-refractivity contribution >= 4 is 17.5 Å². The number of benzene rings is 2. The maximum Gasteiger partial charge on any atom is 0.319 e. The molecule has 0 aliphatic heterocycles. The topological polar surface area (TPSA) is 87.7 Å². The van der Waals surface area contributed by atoms with Crippen LogP contribution in [0, 0.1) is 5.92 Å². The van der Waals surface area contributed by atoms with E-state index in [4.69, 9.17) is 4.74 Å². The molecule has 2 aromatic rings. The van der Waals surface area contributed by atoms with Crippen LogP contribution in [0.5, 0.6) is 5.75 Å². The summed E-state index contributed by atoms with van der Waals surface area (Å²) in [6.07, 6.45) is 3.36. The Hall–Kier alpha value is -2.86. The van der Waals surface area contributed by atoms with Gasteiger partial charge in [-0.3, -0.25) is 4.79 Å². The molecule has 2 unspecified atom stereocenters. The number of carbonyl (C=O) groups is 2. The van der Waals surface area contributed by atoms with Crippen molar-refractivity contribution in [2.24, 2.45) is 5.92 Å². The van der Waals surface area contributed by atoms with Crippen molar-refractivity contribution in [2.75, 3.05) is 12.4 Å². The van der Waals surface area contributed by atoms with Gasteiger partial charge < -0.3 is 20.5 Å². The van der Waals surface area contributed by atoms with Gasteiger partial charge in [0.05, 0.1) is 12.7 Å². The average Bonchev–Trinajstić information content (AvgIpc) is 2.79. The van der Waals surface area contributed by atoms with Gasteiger partial charge in [-0.1, -0.05) is 51.5 Å². The van der Waals surface area contributed by atoms with Gasteiger partial charge in [0, 0.05) is 18.7 Å². The maximum atomic E-state index is 11.9. The Morgan fingerprint density at radius 2 is 1.61 bits per heavy atom. The largest absolute Gasteiger partial charge is 0.497 e. The minimum Gasteiger partial charge on any atom is -0.497 e. The Kier molecular flexibility index (Phi) is 12.2. The second-order valence-electron chi connectivity index (χ2n) is 8.80. The molecule has 6 nitrogen and oxygen atoms in total. The second-order valence-corrected chi connectivity index (χ2v) is 8.80. The molecule has 0 aromatic heterocycles. The van der Waals surface area contributed by atoms with Crippen molar-refractivity contribution in [3.63, 3.8) is 0 Å². The first-order chi connectivity index (χ1) is 15.6. The summed E-state index contributed by atoms with van der Waals surface area (Å²) in [4.78, 5) is 22.9. The quantitative estimate of drug-likeness (QED) is 0.426. The monoisotopic (exact) mass is 456 g/mol. The molecule has 33 heavy (non-hydrogen) atoms. The standard InChI is InChI=1S/C18H20N2O3.C9H20O/c1-13(21)11-14-3-7-16(8-4-14)20-18(22)19-12-15-5-9-17(23-2)10-6-15;1-5-8(3)7-9(4,10)6-2/h3-10H,11-12H2,1-2H3,(H2,19,20,22);8,10H,5-7H2,1-4H3. The first kappa shape index (κ1) is 28.2. The number of ketones is 1. The van der Waals surface area contributed by atoms with Crippen LogP contribution in [0.4, 0.5) is 10.5 Å². The molecular weight excluding hydrogens is 416 g/mol. The molecule has 2 rings (SSSR count). The summed E-state index contributed by atoms with van der Waals surface area (Å²) in [6, 6.07) is 14.5. The molecule has 2 atom stereocenters. The molecule has 0 spiro atoms. The molecule has 0 saturated heterocycles. The number of hydrogen-bond acceptors (Lipinski definition) is 4. The van der Waals surface area contributed by atoms with Crippen LogP contribution in [-0.2, 0) is 17.8 Å². The van der Waals surface area contributed by atoms with Crippen LogP contribution in [0.15, 0.2) is 48.5 Å². The van der Waals surface area contributed by atoms with Gasteiger partial charge >= 0.3 is 6.03 Å². The number of urea groups is 1.